The fourth-order valence-electron chi connectivity index (χ4n) is 1.59. The molecular weight excluding hydrogens is 255 g/mol. The minimum absolute atomic E-state index is 0.350. The number of rotatable bonds is 3. The molecule has 0 bridgehead atoms. The molecule has 0 spiro atoms. The Morgan fingerprint density at radius 1 is 1.05 bits per heavy atom. The van der Waals surface area contributed by atoms with Crippen molar-refractivity contribution >= 4 is 13.1 Å². The van der Waals surface area contributed by atoms with Crippen molar-refractivity contribution < 1.29 is 18.8 Å². The second kappa shape index (κ2) is 5.74. The van der Waals surface area contributed by atoms with Gasteiger partial charge in [0.15, 0.2) is 0 Å². The minimum Gasteiger partial charge on any atom is -0.457 e. The van der Waals surface area contributed by atoms with Gasteiger partial charge in [-0.3, -0.25) is 0 Å². The zero-order valence-corrected chi connectivity index (χ0v) is 13.5. The van der Waals surface area contributed by atoms with E-state index in [1.165, 1.54) is 6.08 Å². The molecule has 0 unspecified atom stereocenters. The van der Waals surface area contributed by atoms with Gasteiger partial charge in [-0.05, 0) is 48.5 Å². The standard InChI is InChI=1S/C15H25BO4/c1-13(2,3)18-12(17)10-8-9-11-16-19-14(4,5)15(6,7)20-16/h8-11H,1-7H3/b10-8+,11-9+. The SMILES string of the molecule is CC(C)(C)OC(=O)/C=C/C=C/B1OC(C)(C)C(C)(C)O1. The van der Waals surface area contributed by atoms with Crippen molar-refractivity contribution in [2.75, 3.05) is 0 Å². The lowest BCUT2D eigenvalue weighted by molar-refractivity contribution is -0.148. The first kappa shape index (κ1) is 17.0. The molecule has 1 aliphatic rings. The smallest absolute Gasteiger partial charge is 0.457 e. The quantitative estimate of drug-likeness (QED) is 0.345. The van der Waals surface area contributed by atoms with Gasteiger partial charge in [-0.2, -0.15) is 0 Å². The van der Waals surface area contributed by atoms with Crippen molar-refractivity contribution in [3.63, 3.8) is 0 Å². The van der Waals surface area contributed by atoms with Crippen molar-refractivity contribution in [2.45, 2.75) is 65.3 Å². The van der Waals surface area contributed by atoms with E-state index in [0.29, 0.717) is 0 Å². The largest absolute Gasteiger partial charge is 0.487 e. The maximum Gasteiger partial charge on any atom is 0.487 e. The molecule has 0 saturated carbocycles. The maximum absolute atomic E-state index is 11.5. The van der Waals surface area contributed by atoms with Crippen LogP contribution < -0.4 is 0 Å². The lowest BCUT2D eigenvalue weighted by Crippen LogP contribution is -2.41. The third-order valence-corrected chi connectivity index (χ3v) is 3.29. The van der Waals surface area contributed by atoms with Gasteiger partial charge in [-0.1, -0.05) is 18.1 Å². The summed E-state index contributed by atoms with van der Waals surface area (Å²) in [6.45, 7) is 13.5. The Morgan fingerprint density at radius 2 is 1.55 bits per heavy atom. The summed E-state index contributed by atoms with van der Waals surface area (Å²) in [4.78, 5) is 11.5. The zero-order chi connectivity index (χ0) is 15.6. The van der Waals surface area contributed by atoms with E-state index in [0.717, 1.165) is 0 Å². The molecule has 20 heavy (non-hydrogen) atoms. The molecule has 0 amide bonds. The van der Waals surface area contributed by atoms with Crippen LogP contribution in [0.2, 0.25) is 0 Å². The van der Waals surface area contributed by atoms with E-state index in [9.17, 15) is 4.79 Å². The Balaban J connectivity index is 2.49. The fraction of sp³-hybridized carbons (Fsp3) is 0.667. The van der Waals surface area contributed by atoms with Crippen LogP contribution in [0.5, 0.6) is 0 Å². The number of carbonyl (C=O) groups is 1. The highest BCUT2D eigenvalue weighted by Gasteiger charge is 2.49. The summed E-state index contributed by atoms with van der Waals surface area (Å²) in [5, 5.41) is 0. The van der Waals surface area contributed by atoms with Crippen molar-refractivity contribution in [3.8, 4) is 0 Å². The van der Waals surface area contributed by atoms with E-state index in [4.69, 9.17) is 14.0 Å². The van der Waals surface area contributed by atoms with Gasteiger partial charge in [0.05, 0.1) is 11.2 Å². The number of hydrogen-bond donors (Lipinski definition) is 0. The van der Waals surface area contributed by atoms with Crippen LogP contribution in [0.3, 0.4) is 0 Å². The highest BCUT2D eigenvalue weighted by molar-refractivity contribution is 6.51. The fourth-order valence-corrected chi connectivity index (χ4v) is 1.59. The first-order valence-corrected chi connectivity index (χ1v) is 6.86. The van der Waals surface area contributed by atoms with Crippen LogP contribution in [0.25, 0.3) is 0 Å². The number of allylic oxidation sites excluding steroid dienone is 2. The summed E-state index contributed by atoms with van der Waals surface area (Å²) in [5.41, 5.74) is -1.18. The Hall–Kier alpha value is -1.07. The average Bonchev–Trinajstić information content (AvgIpc) is 2.40. The van der Waals surface area contributed by atoms with Gasteiger partial charge in [0, 0.05) is 6.08 Å². The van der Waals surface area contributed by atoms with Crippen molar-refractivity contribution in [1.82, 2.24) is 0 Å². The molecule has 5 heteroatoms. The van der Waals surface area contributed by atoms with E-state index >= 15 is 0 Å². The van der Waals surface area contributed by atoms with Crippen molar-refractivity contribution in [1.29, 1.82) is 0 Å². The van der Waals surface area contributed by atoms with Gasteiger partial charge < -0.3 is 14.0 Å². The van der Waals surface area contributed by atoms with Crippen LogP contribution in [-0.2, 0) is 18.8 Å². The second-order valence-electron chi connectivity index (χ2n) is 6.90. The van der Waals surface area contributed by atoms with Gasteiger partial charge in [0.2, 0.25) is 0 Å². The van der Waals surface area contributed by atoms with Crippen LogP contribution in [0, 0.1) is 0 Å². The third kappa shape index (κ3) is 4.80. The number of hydrogen-bond acceptors (Lipinski definition) is 4. The molecule has 4 nitrogen and oxygen atoms in total. The number of carbonyl (C=O) groups excluding carboxylic acids is 1. The summed E-state index contributed by atoms with van der Waals surface area (Å²) in [7, 11) is -0.400. The van der Waals surface area contributed by atoms with E-state index in [1.807, 2.05) is 48.5 Å². The molecule has 0 aliphatic carbocycles. The Labute approximate surface area is 122 Å². The molecule has 0 N–H and O–H groups in total. The van der Waals surface area contributed by atoms with E-state index in [1.54, 1.807) is 18.1 Å². The van der Waals surface area contributed by atoms with E-state index in [2.05, 4.69) is 0 Å². The normalized spacial score (nSPS) is 21.9. The van der Waals surface area contributed by atoms with Gasteiger partial charge >= 0.3 is 13.1 Å². The first-order chi connectivity index (χ1) is 8.93. The lowest BCUT2D eigenvalue weighted by Gasteiger charge is -2.32. The summed E-state index contributed by atoms with van der Waals surface area (Å²) < 4.78 is 16.7. The van der Waals surface area contributed by atoms with Gasteiger partial charge in [0.25, 0.3) is 0 Å². The topological polar surface area (TPSA) is 44.8 Å². The average molecular weight is 280 g/mol. The molecule has 0 radical (unpaired) electrons. The third-order valence-electron chi connectivity index (χ3n) is 3.29. The summed E-state index contributed by atoms with van der Waals surface area (Å²) in [6.07, 6.45) is 4.73. The summed E-state index contributed by atoms with van der Waals surface area (Å²) >= 11 is 0. The van der Waals surface area contributed by atoms with Crippen LogP contribution in [-0.4, -0.2) is 29.9 Å². The second-order valence-corrected chi connectivity index (χ2v) is 6.90. The van der Waals surface area contributed by atoms with E-state index < -0.39 is 12.7 Å². The minimum atomic E-state index is -0.475. The van der Waals surface area contributed by atoms with Crippen LogP contribution in [0.4, 0.5) is 0 Å². The van der Waals surface area contributed by atoms with Crippen molar-refractivity contribution in [2.24, 2.45) is 0 Å². The zero-order valence-electron chi connectivity index (χ0n) is 13.5. The summed E-state index contributed by atoms with van der Waals surface area (Å²) in [6, 6.07) is 0. The van der Waals surface area contributed by atoms with Crippen LogP contribution in [0.1, 0.15) is 48.5 Å². The Morgan fingerprint density at radius 3 is 2.00 bits per heavy atom. The highest BCUT2D eigenvalue weighted by atomic mass is 16.7. The molecule has 0 atom stereocenters. The molecule has 1 aliphatic heterocycles. The highest BCUT2D eigenvalue weighted by Crippen LogP contribution is 2.36. The van der Waals surface area contributed by atoms with Gasteiger partial charge in [0.1, 0.15) is 5.60 Å². The molecule has 1 saturated heterocycles. The predicted octanol–water partition coefficient (Wildman–Crippen LogP) is 3.07. The molecule has 0 aromatic carbocycles. The van der Waals surface area contributed by atoms with Gasteiger partial charge in [-0.25, -0.2) is 4.79 Å². The summed E-state index contributed by atoms with van der Waals surface area (Å²) in [5.74, 6) is 1.41. The molecule has 112 valence electrons. The molecule has 0 aromatic heterocycles. The maximum atomic E-state index is 11.5. The monoisotopic (exact) mass is 280 g/mol. The Bertz CT molecular complexity index is 400. The Kier molecular flexibility index (Phi) is 4.88. The number of esters is 1. The molecule has 0 aromatic rings. The van der Waals surface area contributed by atoms with Crippen LogP contribution >= 0.6 is 0 Å². The molecule has 1 rings (SSSR count). The predicted molar refractivity (Wildman–Crippen MR) is 80.2 cm³/mol. The first-order valence-electron chi connectivity index (χ1n) is 6.86. The van der Waals surface area contributed by atoms with Crippen LogP contribution in [0.15, 0.2) is 24.2 Å². The van der Waals surface area contributed by atoms with Crippen molar-refractivity contribution in [3.05, 3.63) is 24.2 Å². The number of ether oxygens (including phenoxy) is 1. The molecule has 1 fully saturated rings. The van der Waals surface area contributed by atoms with E-state index in [-0.39, 0.29) is 17.2 Å². The van der Waals surface area contributed by atoms with Gasteiger partial charge in [-0.15, -0.1) is 0 Å². The molecule has 1 heterocycles. The lowest BCUT2D eigenvalue weighted by atomic mass is 9.90. The molecular formula is C15H25BO4.